The molecular formula is C4H10N2OS. The summed E-state index contributed by atoms with van der Waals surface area (Å²) in [6.07, 6.45) is 1.13. The summed E-state index contributed by atoms with van der Waals surface area (Å²) in [5.41, 5.74) is 5.23. The summed E-state index contributed by atoms with van der Waals surface area (Å²) >= 11 is 1.32. The number of aliphatic hydroxyl groups excluding tert-OH is 1. The molecule has 4 heteroatoms. The number of rotatable bonds is 1. The lowest BCUT2D eigenvalue weighted by atomic mass is 10.7. The Kier molecular flexibility index (Phi) is 3.64. The normalized spacial score (nSPS) is 16.1. The zero-order chi connectivity index (χ0) is 6.57. The molecule has 0 amide bonds. The molecule has 3 nitrogen and oxygen atoms in total. The minimum absolute atomic E-state index is 0.417. The van der Waals surface area contributed by atoms with E-state index in [1.54, 1.807) is 13.2 Å². The lowest BCUT2D eigenvalue weighted by Gasteiger charge is -1.96. The number of hydrogen-bond acceptors (Lipinski definition) is 3. The van der Waals surface area contributed by atoms with Crippen LogP contribution in [0.1, 0.15) is 6.92 Å². The molecule has 8 heavy (non-hydrogen) atoms. The molecule has 1 atom stereocenters. The van der Waals surface area contributed by atoms with E-state index in [-0.39, 0.29) is 0 Å². The summed E-state index contributed by atoms with van der Waals surface area (Å²) in [6, 6.07) is 0. The number of aliphatic hydroxyl groups is 1. The highest BCUT2D eigenvalue weighted by Gasteiger charge is 1.89. The molecule has 0 aliphatic carbocycles. The Labute approximate surface area is 53.0 Å². The summed E-state index contributed by atoms with van der Waals surface area (Å²) in [6.45, 7) is 1.56. The summed E-state index contributed by atoms with van der Waals surface area (Å²) < 4.78 is 0. The molecule has 0 radical (unpaired) electrons. The van der Waals surface area contributed by atoms with Crippen LogP contribution in [0.2, 0.25) is 0 Å². The Morgan fingerprint density at radius 3 is 2.50 bits per heavy atom. The molecule has 48 valence electrons. The summed E-state index contributed by atoms with van der Waals surface area (Å²) in [4.78, 5) is 3.61. The van der Waals surface area contributed by atoms with Gasteiger partial charge in [0, 0.05) is 0 Å². The smallest absolute Gasteiger partial charge is 0.156 e. The van der Waals surface area contributed by atoms with Crippen LogP contribution in [0.25, 0.3) is 0 Å². The van der Waals surface area contributed by atoms with Gasteiger partial charge in [0.25, 0.3) is 0 Å². The lowest BCUT2D eigenvalue weighted by molar-refractivity contribution is 0.206. The van der Waals surface area contributed by atoms with Gasteiger partial charge in [-0.2, -0.15) is 0 Å². The number of nitrogens with two attached hydrogens (primary N) is 1. The van der Waals surface area contributed by atoms with E-state index in [1.165, 1.54) is 11.8 Å². The molecule has 0 aromatic heterocycles. The van der Waals surface area contributed by atoms with Crippen molar-refractivity contribution in [1.29, 1.82) is 0 Å². The van der Waals surface area contributed by atoms with Crippen molar-refractivity contribution in [2.75, 3.05) is 6.26 Å². The maximum Gasteiger partial charge on any atom is 0.156 e. The van der Waals surface area contributed by atoms with Gasteiger partial charge < -0.3 is 10.8 Å². The maximum absolute atomic E-state index is 8.57. The lowest BCUT2D eigenvalue weighted by Crippen LogP contribution is -2.09. The Bertz CT molecular complexity index is 92.0. The molecule has 0 spiro atoms. The van der Waals surface area contributed by atoms with Gasteiger partial charge in [-0.3, -0.25) is 0 Å². The highest BCUT2D eigenvalue weighted by molar-refractivity contribution is 8.13. The highest BCUT2D eigenvalue weighted by atomic mass is 32.2. The molecule has 0 aromatic rings. The molecule has 0 rings (SSSR count). The van der Waals surface area contributed by atoms with Gasteiger partial charge in [0.2, 0.25) is 0 Å². The molecular weight excluding hydrogens is 124 g/mol. The average molecular weight is 134 g/mol. The van der Waals surface area contributed by atoms with Crippen LogP contribution in [0.3, 0.4) is 0 Å². The molecule has 0 fully saturated rings. The monoisotopic (exact) mass is 134 g/mol. The van der Waals surface area contributed by atoms with E-state index in [2.05, 4.69) is 4.99 Å². The van der Waals surface area contributed by atoms with Crippen LogP contribution in [0, 0.1) is 0 Å². The van der Waals surface area contributed by atoms with Crippen LogP contribution in [-0.2, 0) is 0 Å². The van der Waals surface area contributed by atoms with E-state index < -0.39 is 6.23 Å². The third kappa shape index (κ3) is 3.95. The largest absolute Gasteiger partial charge is 0.378 e. The van der Waals surface area contributed by atoms with Gasteiger partial charge in [-0.1, -0.05) is 11.8 Å². The van der Waals surface area contributed by atoms with Gasteiger partial charge in [0.1, 0.15) is 6.23 Å². The van der Waals surface area contributed by atoms with E-state index in [4.69, 9.17) is 10.8 Å². The van der Waals surface area contributed by atoms with Gasteiger partial charge in [-0.15, -0.1) is 0 Å². The van der Waals surface area contributed by atoms with Crippen LogP contribution in [0.15, 0.2) is 4.99 Å². The Balaban J connectivity index is 3.56. The first-order valence-corrected chi connectivity index (χ1v) is 3.44. The fraction of sp³-hybridized carbons (Fsp3) is 0.750. The van der Waals surface area contributed by atoms with Crippen molar-refractivity contribution in [2.45, 2.75) is 13.2 Å². The Morgan fingerprint density at radius 2 is 2.38 bits per heavy atom. The van der Waals surface area contributed by atoms with Crippen molar-refractivity contribution in [3.8, 4) is 0 Å². The van der Waals surface area contributed by atoms with Gasteiger partial charge in [0.15, 0.2) is 5.17 Å². The molecule has 0 bridgehead atoms. The van der Waals surface area contributed by atoms with Crippen molar-refractivity contribution >= 4 is 16.9 Å². The van der Waals surface area contributed by atoms with Gasteiger partial charge in [0.05, 0.1) is 0 Å². The number of amidine groups is 1. The van der Waals surface area contributed by atoms with Crippen LogP contribution >= 0.6 is 11.8 Å². The van der Waals surface area contributed by atoms with Crippen molar-refractivity contribution in [1.82, 2.24) is 0 Å². The van der Waals surface area contributed by atoms with E-state index in [9.17, 15) is 0 Å². The first kappa shape index (κ1) is 7.78. The molecule has 0 saturated carbocycles. The topological polar surface area (TPSA) is 58.6 Å². The van der Waals surface area contributed by atoms with Gasteiger partial charge in [-0.25, -0.2) is 4.99 Å². The molecule has 0 saturated heterocycles. The van der Waals surface area contributed by atoms with Crippen LogP contribution in [0.5, 0.6) is 0 Å². The average Bonchev–Trinajstić information content (AvgIpc) is 1.65. The minimum atomic E-state index is -0.678. The molecule has 3 N–H and O–H groups in total. The predicted molar refractivity (Wildman–Crippen MR) is 36.8 cm³/mol. The van der Waals surface area contributed by atoms with Gasteiger partial charge >= 0.3 is 0 Å². The molecule has 1 unspecified atom stereocenters. The number of nitrogens with zero attached hydrogens (tertiary/aromatic N) is 1. The van der Waals surface area contributed by atoms with E-state index in [0.29, 0.717) is 5.17 Å². The molecule has 0 aromatic carbocycles. The van der Waals surface area contributed by atoms with Crippen molar-refractivity contribution in [3.63, 3.8) is 0 Å². The zero-order valence-corrected chi connectivity index (χ0v) is 5.77. The first-order chi connectivity index (χ1) is 3.66. The summed E-state index contributed by atoms with van der Waals surface area (Å²) in [7, 11) is 0. The third-order valence-electron chi connectivity index (χ3n) is 0.523. The second-order valence-corrected chi connectivity index (χ2v) is 2.13. The third-order valence-corrected chi connectivity index (χ3v) is 1.05. The minimum Gasteiger partial charge on any atom is -0.378 e. The second-order valence-electron chi connectivity index (χ2n) is 1.30. The van der Waals surface area contributed by atoms with E-state index >= 15 is 0 Å². The van der Waals surface area contributed by atoms with Crippen LogP contribution in [-0.4, -0.2) is 22.8 Å². The Morgan fingerprint density at radius 1 is 1.88 bits per heavy atom. The Hall–Kier alpha value is -0.220. The van der Waals surface area contributed by atoms with Crippen molar-refractivity contribution < 1.29 is 5.11 Å². The SMILES string of the molecule is CSC(N)=NC(C)O. The fourth-order valence-electron chi connectivity index (χ4n) is 0.237. The number of hydrogen-bond donors (Lipinski definition) is 2. The predicted octanol–water partition coefficient (Wildman–Crippen LogP) is 0.00240. The summed E-state index contributed by atoms with van der Waals surface area (Å²) in [5.74, 6) is 0. The summed E-state index contributed by atoms with van der Waals surface area (Å²) in [5, 5.41) is 8.99. The van der Waals surface area contributed by atoms with Crippen LogP contribution in [0.4, 0.5) is 0 Å². The first-order valence-electron chi connectivity index (χ1n) is 2.22. The van der Waals surface area contributed by atoms with E-state index in [0.717, 1.165) is 0 Å². The van der Waals surface area contributed by atoms with Crippen molar-refractivity contribution in [2.24, 2.45) is 10.7 Å². The molecule has 0 heterocycles. The number of aliphatic imine (C=N–C) groups is 1. The standard InChI is InChI=1S/C4H10N2OS/c1-3(7)6-4(5)8-2/h3,7H,1-2H3,(H2,5,6). The van der Waals surface area contributed by atoms with Crippen molar-refractivity contribution in [3.05, 3.63) is 0 Å². The zero-order valence-electron chi connectivity index (χ0n) is 4.96. The maximum atomic E-state index is 8.57. The molecule has 0 aliphatic rings. The van der Waals surface area contributed by atoms with Gasteiger partial charge in [-0.05, 0) is 13.2 Å². The number of thioether (sulfide) groups is 1. The molecule has 0 aliphatic heterocycles. The fourth-order valence-corrected chi connectivity index (χ4v) is 0.495. The highest BCUT2D eigenvalue weighted by Crippen LogP contribution is 1.92. The van der Waals surface area contributed by atoms with E-state index in [1.807, 2.05) is 0 Å². The second kappa shape index (κ2) is 3.74. The quantitative estimate of drug-likeness (QED) is 0.392. The van der Waals surface area contributed by atoms with Crippen LogP contribution < -0.4 is 5.73 Å².